The van der Waals surface area contributed by atoms with Gasteiger partial charge in [0.1, 0.15) is 28.6 Å². The van der Waals surface area contributed by atoms with Gasteiger partial charge in [0.15, 0.2) is 11.4 Å². The Hall–Kier alpha value is -3.93. The lowest BCUT2D eigenvalue weighted by Gasteiger charge is -2.50. The number of ether oxygens (including phenoxy) is 1. The van der Waals surface area contributed by atoms with Crippen LogP contribution in [0.3, 0.4) is 0 Å². The molecule has 1 fully saturated rings. The number of ketones is 2. The number of phenols is 1. The second-order valence-corrected chi connectivity index (χ2v) is 12.4. The zero-order valence-electron chi connectivity index (χ0n) is 24.5. The topological polar surface area (TPSA) is 174 Å². The molecule has 2 aromatic rings. The van der Waals surface area contributed by atoms with Crippen LogP contribution in [0.15, 0.2) is 40.9 Å². The fourth-order valence-electron chi connectivity index (χ4n) is 7.39. The first-order chi connectivity index (χ1) is 20.4. The van der Waals surface area contributed by atoms with Crippen molar-refractivity contribution >= 4 is 28.2 Å². The highest BCUT2D eigenvalue weighted by atomic mass is 16.5. The minimum Gasteiger partial charge on any atom is -0.510 e. The summed E-state index contributed by atoms with van der Waals surface area (Å²) in [5, 5.41) is 47.1. The van der Waals surface area contributed by atoms with E-state index >= 15 is 0 Å². The largest absolute Gasteiger partial charge is 0.510 e. The summed E-state index contributed by atoms with van der Waals surface area (Å²) in [7, 11) is 3.20. The van der Waals surface area contributed by atoms with E-state index in [0.717, 1.165) is 25.1 Å². The number of hydrogen-bond donors (Lipinski definition) is 5. The molecule has 2 unspecified atom stereocenters. The standard InChI is InChI=1S/C32H37N3O8/c1-4-10-43-28-17-7-6-15(14-35-8-5-9-35)11-18(17)25(36)22-19(28)12-16-13-20-24(34(2)3)27(38)23(31(33)41)30(40)32(20,42)29(39)21(16)26(22)37/h6-7,11,16,20,24,36,38-39,42H,4-5,8-10,12-14H2,1-3H3,(H2,33,41)/t16?,20?,24-,32-/m0/s1. The van der Waals surface area contributed by atoms with E-state index in [9.17, 15) is 34.8 Å². The summed E-state index contributed by atoms with van der Waals surface area (Å²) in [6.07, 6.45) is 2.04. The fraction of sp³-hybridized carbons (Fsp3) is 0.469. The van der Waals surface area contributed by atoms with Gasteiger partial charge in [-0.1, -0.05) is 19.1 Å². The number of aliphatic hydroxyl groups is 3. The summed E-state index contributed by atoms with van der Waals surface area (Å²) >= 11 is 0. The van der Waals surface area contributed by atoms with Crippen LogP contribution in [0.5, 0.6) is 11.5 Å². The number of benzene rings is 2. The van der Waals surface area contributed by atoms with E-state index in [1.165, 1.54) is 4.90 Å². The Morgan fingerprint density at radius 1 is 1.16 bits per heavy atom. The average molecular weight is 592 g/mol. The van der Waals surface area contributed by atoms with Crippen LogP contribution in [0.1, 0.15) is 47.7 Å². The van der Waals surface area contributed by atoms with Crippen LogP contribution in [0.25, 0.3) is 10.8 Å². The van der Waals surface area contributed by atoms with Gasteiger partial charge in [-0.3, -0.25) is 24.2 Å². The molecule has 0 saturated carbocycles. The van der Waals surface area contributed by atoms with Gasteiger partial charge in [0, 0.05) is 34.4 Å². The van der Waals surface area contributed by atoms with Gasteiger partial charge in [-0.25, -0.2) is 0 Å². The lowest BCUT2D eigenvalue weighted by molar-refractivity contribution is -0.148. The number of rotatable bonds is 7. The molecule has 11 heteroatoms. The van der Waals surface area contributed by atoms with E-state index in [2.05, 4.69) is 4.90 Å². The van der Waals surface area contributed by atoms with Crippen molar-refractivity contribution in [3.05, 3.63) is 57.6 Å². The van der Waals surface area contributed by atoms with Gasteiger partial charge in [0.2, 0.25) is 5.78 Å². The molecule has 4 aliphatic rings. The maximum Gasteiger partial charge on any atom is 0.255 e. The van der Waals surface area contributed by atoms with Crippen LogP contribution < -0.4 is 10.5 Å². The molecule has 1 aliphatic heterocycles. The number of carbonyl (C=O) groups excluding carboxylic acids is 3. The van der Waals surface area contributed by atoms with Crippen molar-refractivity contribution in [3.8, 4) is 11.5 Å². The molecule has 6 rings (SSSR count). The lowest BCUT2D eigenvalue weighted by atomic mass is 9.58. The second-order valence-electron chi connectivity index (χ2n) is 12.4. The number of aliphatic hydroxyl groups excluding tert-OH is 2. The van der Waals surface area contributed by atoms with Crippen LogP contribution in [0, 0.1) is 11.8 Å². The number of likely N-dealkylation sites (N-methyl/N-ethyl adjacent to an activating group) is 1. The smallest absolute Gasteiger partial charge is 0.255 e. The highest BCUT2D eigenvalue weighted by Gasteiger charge is 2.63. The van der Waals surface area contributed by atoms with Crippen LogP contribution >= 0.6 is 0 Å². The van der Waals surface area contributed by atoms with Gasteiger partial charge in [0.25, 0.3) is 5.91 Å². The molecule has 2 aromatic carbocycles. The third-order valence-electron chi connectivity index (χ3n) is 9.52. The van der Waals surface area contributed by atoms with Crippen molar-refractivity contribution in [1.82, 2.24) is 9.80 Å². The first-order valence-corrected chi connectivity index (χ1v) is 14.7. The number of carbonyl (C=O) groups is 3. The zero-order chi connectivity index (χ0) is 31.0. The highest BCUT2D eigenvalue weighted by molar-refractivity contribution is 6.25. The monoisotopic (exact) mass is 591 g/mol. The first-order valence-electron chi connectivity index (χ1n) is 14.7. The van der Waals surface area contributed by atoms with Crippen LogP contribution in [0.2, 0.25) is 0 Å². The molecule has 0 spiro atoms. The van der Waals surface area contributed by atoms with Crippen LogP contribution in [-0.2, 0) is 22.6 Å². The fourth-order valence-corrected chi connectivity index (χ4v) is 7.39. The van der Waals surface area contributed by atoms with Gasteiger partial charge < -0.3 is 30.9 Å². The number of hydrogen-bond acceptors (Lipinski definition) is 10. The van der Waals surface area contributed by atoms with Crippen molar-refractivity contribution in [2.45, 2.75) is 50.8 Å². The maximum absolute atomic E-state index is 14.3. The van der Waals surface area contributed by atoms with E-state index < -0.39 is 58.0 Å². The Morgan fingerprint density at radius 2 is 1.88 bits per heavy atom. The van der Waals surface area contributed by atoms with Gasteiger partial charge in [0.05, 0.1) is 18.2 Å². The number of nitrogens with zero attached hydrogens (tertiary/aromatic N) is 2. The predicted octanol–water partition coefficient (Wildman–Crippen LogP) is 2.27. The number of Topliss-reactive ketones (excluding diaryl/α,β-unsaturated/α-hetero) is 2. The average Bonchev–Trinajstić information content (AvgIpc) is 2.92. The maximum atomic E-state index is 14.3. The Kier molecular flexibility index (Phi) is 7.02. The van der Waals surface area contributed by atoms with E-state index in [1.54, 1.807) is 14.1 Å². The number of likely N-dealkylation sites (tertiary alicyclic amines) is 1. The van der Waals surface area contributed by atoms with Gasteiger partial charge >= 0.3 is 0 Å². The van der Waals surface area contributed by atoms with E-state index in [1.807, 2.05) is 25.1 Å². The third kappa shape index (κ3) is 4.16. The molecule has 0 bridgehead atoms. The lowest BCUT2D eigenvalue weighted by Crippen LogP contribution is -2.63. The molecule has 1 saturated heterocycles. The number of nitrogens with two attached hydrogens (primary N) is 1. The summed E-state index contributed by atoms with van der Waals surface area (Å²) in [6, 6.07) is 4.70. The highest BCUT2D eigenvalue weighted by Crippen LogP contribution is 2.54. The molecule has 3 aliphatic carbocycles. The summed E-state index contributed by atoms with van der Waals surface area (Å²) in [5.74, 6) is -6.24. The Labute approximate surface area is 248 Å². The molecule has 1 heterocycles. The van der Waals surface area contributed by atoms with E-state index in [4.69, 9.17) is 10.5 Å². The minimum absolute atomic E-state index is 0.0204. The molecule has 1 amide bonds. The molecule has 11 nitrogen and oxygen atoms in total. The van der Waals surface area contributed by atoms with Crippen LogP contribution in [0.4, 0.5) is 0 Å². The van der Waals surface area contributed by atoms with Crippen molar-refractivity contribution in [2.24, 2.45) is 17.6 Å². The van der Waals surface area contributed by atoms with Crippen molar-refractivity contribution < 1.29 is 39.5 Å². The number of fused-ring (bicyclic) bond motifs is 4. The van der Waals surface area contributed by atoms with E-state index in [0.29, 0.717) is 41.7 Å². The second kappa shape index (κ2) is 10.4. The molecule has 4 atom stereocenters. The third-order valence-corrected chi connectivity index (χ3v) is 9.52. The zero-order valence-corrected chi connectivity index (χ0v) is 24.5. The van der Waals surface area contributed by atoms with Gasteiger partial charge in [-0.2, -0.15) is 0 Å². The summed E-state index contributed by atoms with van der Waals surface area (Å²) < 4.78 is 6.23. The van der Waals surface area contributed by atoms with E-state index in [-0.39, 0.29) is 29.7 Å². The quantitative estimate of drug-likeness (QED) is 0.301. The number of allylic oxidation sites excluding steroid dienone is 1. The van der Waals surface area contributed by atoms with Crippen molar-refractivity contribution in [3.63, 3.8) is 0 Å². The summed E-state index contributed by atoms with van der Waals surface area (Å²) in [5.41, 5.74) is 3.15. The Bertz CT molecular complexity index is 1640. The normalized spacial score (nSPS) is 27.2. The number of primary amides is 1. The molecular formula is C32H37N3O8. The number of phenolic OH excluding ortho intramolecular Hbond substituents is 1. The Morgan fingerprint density at radius 3 is 2.49 bits per heavy atom. The molecular weight excluding hydrogens is 554 g/mol. The Balaban J connectivity index is 1.55. The molecule has 228 valence electrons. The van der Waals surface area contributed by atoms with Crippen LogP contribution in [-0.4, -0.2) is 93.1 Å². The molecule has 0 radical (unpaired) electrons. The van der Waals surface area contributed by atoms with Gasteiger partial charge in [-0.15, -0.1) is 0 Å². The van der Waals surface area contributed by atoms with Crippen molar-refractivity contribution in [1.29, 1.82) is 0 Å². The predicted molar refractivity (Wildman–Crippen MR) is 157 cm³/mol. The molecule has 43 heavy (non-hydrogen) atoms. The SMILES string of the molecule is CCCOc1c2c(c(O)c3cc(CN4CCC4)ccc13)C(=O)C1=C(O)[C@]3(O)C(=O)C(C(N)=O)=C(O)[C@@H](N(C)C)C3CC1C2. The number of amides is 1. The first kappa shape index (κ1) is 29.2. The minimum atomic E-state index is -2.68. The van der Waals surface area contributed by atoms with Crippen molar-refractivity contribution in [2.75, 3.05) is 33.8 Å². The molecule has 6 N–H and O–H groups in total. The van der Waals surface area contributed by atoms with Gasteiger partial charge in [-0.05, 0) is 70.4 Å². The molecule has 0 aromatic heterocycles. The number of aromatic hydroxyl groups is 1. The summed E-state index contributed by atoms with van der Waals surface area (Å²) in [6.45, 7) is 5.03. The summed E-state index contributed by atoms with van der Waals surface area (Å²) in [4.78, 5) is 43.8.